The monoisotopic (exact) mass is 446 g/mol. The molecule has 0 bridgehead atoms. The van der Waals surface area contributed by atoms with Crippen molar-refractivity contribution in [3.05, 3.63) is 52.5 Å². The van der Waals surface area contributed by atoms with Gasteiger partial charge in [-0.05, 0) is 77.2 Å². The summed E-state index contributed by atoms with van der Waals surface area (Å²) in [7, 11) is 3.32. The number of carbonyl (C=O) groups is 1. The van der Waals surface area contributed by atoms with Gasteiger partial charge >= 0.3 is 0 Å². The maximum absolute atomic E-state index is 12.3. The normalized spacial score (nSPS) is 14.6. The molecule has 3 rings (SSSR count). The Morgan fingerprint density at radius 1 is 1.11 bits per heavy atom. The third-order valence-corrected chi connectivity index (χ3v) is 5.77. The van der Waals surface area contributed by atoms with E-state index in [0.29, 0.717) is 6.42 Å². The number of nitrogens with one attached hydrogen (secondary N) is 1. The molecule has 5 nitrogen and oxygen atoms in total. The highest BCUT2D eigenvalue weighted by molar-refractivity contribution is 9.10. The zero-order valence-electron chi connectivity index (χ0n) is 16.4. The van der Waals surface area contributed by atoms with Crippen LogP contribution in [0.15, 0.2) is 46.9 Å². The molecular weight excluding hydrogens is 420 g/mol. The van der Waals surface area contributed by atoms with Crippen LogP contribution in [0.1, 0.15) is 24.8 Å². The topological polar surface area (TPSA) is 50.8 Å². The molecule has 0 unspecified atom stereocenters. The molecule has 28 heavy (non-hydrogen) atoms. The van der Waals surface area contributed by atoms with Gasteiger partial charge in [0.2, 0.25) is 5.91 Å². The van der Waals surface area contributed by atoms with Crippen LogP contribution in [0.4, 0.5) is 5.69 Å². The van der Waals surface area contributed by atoms with E-state index in [1.54, 1.807) is 14.2 Å². The Bertz CT molecular complexity index is 787. The summed E-state index contributed by atoms with van der Waals surface area (Å²) in [6.07, 6.45) is 3.15. The molecular formula is C22H27BrN2O3. The fraction of sp³-hybridized carbons (Fsp3) is 0.409. The van der Waals surface area contributed by atoms with E-state index in [-0.39, 0.29) is 11.9 Å². The van der Waals surface area contributed by atoms with Gasteiger partial charge in [-0.25, -0.2) is 0 Å². The molecule has 1 aliphatic rings. The zero-order valence-corrected chi connectivity index (χ0v) is 18.0. The number of halogens is 1. The van der Waals surface area contributed by atoms with Crippen LogP contribution in [-0.2, 0) is 11.2 Å². The highest BCUT2D eigenvalue weighted by atomic mass is 79.9. The van der Waals surface area contributed by atoms with Gasteiger partial charge in [0, 0.05) is 31.2 Å². The highest BCUT2D eigenvalue weighted by Crippen LogP contribution is 2.26. The lowest BCUT2D eigenvalue weighted by molar-refractivity contribution is -0.121. The van der Waals surface area contributed by atoms with Crippen LogP contribution in [0.3, 0.4) is 0 Å². The number of ether oxygens (including phenoxy) is 2. The van der Waals surface area contributed by atoms with Crippen molar-refractivity contribution in [1.82, 2.24) is 5.32 Å². The van der Waals surface area contributed by atoms with Crippen molar-refractivity contribution in [3.8, 4) is 11.5 Å². The summed E-state index contributed by atoms with van der Waals surface area (Å²) in [6.45, 7) is 1.89. The number of methoxy groups -OCH3 is 2. The quantitative estimate of drug-likeness (QED) is 0.692. The molecule has 0 radical (unpaired) electrons. The van der Waals surface area contributed by atoms with Gasteiger partial charge in [0.15, 0.2) is 0 Å². The van der Waals surface area contributed by atoms with Crippen molar-refractivity contribution in [2.75, 3.05) is 32.2 Å². The Balaban J connectivity index is 1.42. The number of carbonyl (C=O) groups excluding carboxylic acids is 1. The molecule has 1 heterocycles. The van der Waals surface area contributed by atoms with Crippen LogP contribution in [0.25, 0.3) is 0 Å². The smallest absolute Gasteiger partial charge is 0.220 e. The standard InChI is InChI=1S/C22H27BrN2O3/c1-27-19-7-5-18(6-8-19)25-13-11-17(12-14-25)24-22(26)10-4-16-3-9-21(28-2)20(23)15-16/h3,5-9,15,17H,4,10-14H2,1-2H3,(H,24,26). The molecule has 0 saturated carbocycles. The second-order valence-corrected chi connectivity index (χ2v) is 7.85. The zero-order chi connectivity index (χ0) is 19.9. The van der Waals surface area contributed by atoms with Crippen molar-refractivity contribution in [2.45, 2.75) is 31.7 Å². The highest BCUT2D eigenvalue weighted by Gasteiger charge is 2.21. The maximum atomic E-state index is 12.3. The van der Waals surface area contributed by atoms with Gasteiger partial charge in [-0.1, -0.05) is 6.07 Å². The fourth-order valence-corrected chi connectivity index (χ4v) is 4.09. The minimum atomic E-state index is 0.120. The molecule has 2 aromatic rings. The van der Waals surface area contributed by atoms with Crippen LogP contribution in [0, 0.1) is 0 Å². The summed E-state index contributed by atoms with van der Waals surface area (Å²) in [6, 6.07) is 14.3. The van der Waals surface area contributed by atoms with Crippen LogP contribution >= 0.6 is 15.9 Å². The van der Waals surface area contributed by atoms with Crippen LogP contribution in [-0.4, -0.2) is 39.3 Å². The molecule has 1 N–H and O–H groups in total. The Morgan fingerprint density at radius 2 is 1.82 bits per heavy atom. The van der Waals surface area contributed by atoms with Gasteiger partial charge in [0.25, 0.3) is 0 Å². The van der Waals surface area contributed by atoms with E-state index in [1.807, 2.05) is 30.3 Å². The fourth-order valence-electron chi connectivity index (χ4n) is 3.50. The van der Waals surface area contributed by atoms with E-state index in [4.69, 9.17) is 9.47 Å². The van der Waals surface area contributed by atoms with Crippen molar-refractivity contribution in [3.63, 3.8) is 0 Å². The van der Waals surface area contributed by atoms with Gasteiger partial charge in [-0.2, -0.15) is 0 Å². The Morgan fingerprint density at radius 3 is 2.43 bits per heavy atom. The summed E-state index contributed by atoms with van der Waals surface area (Å²) < 4.78 is 11.4. The molecule has 0 atom stereocenters. The Kier molecular flexibility index (Phi) is 7.20. The molecule has 1 aliphatic heterocycles. The second-order valence-electron chi connectivity index (χ2n) is 7.00. The molecule has 2 aromatic carbocycles. The predicted molar refractivity (Wildman–Crippen MR) is 115 cm³/mol. The van der Waals surface area contributed by atoms with E-state index in [9.17, 15) is 4.79 Å². The average molecular weight is 447 g/mol. The minimum absolute atomic E-state index is 0.120. The molecule has 6 heteroatoms. The number of nitrogens with zero attached hydrogens (tertiary/aromatic N) is 1. The van der Waals surface area contributed by atoms with Crippen molar-refractivity contribution >= 4 is 27.5 Å². The van der Waals surface area contributed by atoms with Gasteiger partial charge in [0.05, 0.1) is 18.7 Å². The Hall–Kier alpha value is -2.21. The first-order chi connectivity index (χ1) is 13.6. The second kappa shape index (κ2) is 9.82. The first-order valence-corrected chi connectivity index (χ1v) is 10.4. The van der Waals surface area contributed by atoms with Crippen LogP contribution < -0.4 is 19.7 Å². The predicted octanol–water partition coefficient (Wildman–Crippen LogP) is 4.18. The molecule has 0 spiro atoms. The van der Waals surface area contributed by atoms with Gasteiger partial charge in [-0.15, -0.1) is 0 Å². The first kappa shape index (κ1) is 20.5. The number of anilines is 1. The largest absolute Gasteiger partial charge is 0.497 e. The minimum Gasteiger partial charge on any atom is -0.497 e. The van der Waals surface area contributed by atoms with E-state index >= 15 is 0 Å². The third-order valence-electron chi connectivity index (χ3n) is 5.15. The van der Waals surface area contributed by atoms with Gasteiger partial charge < -0.3 is 19.7 Å². The first-order valence-electron chi connectivity index (χ1n) is 9.60. The van der Waals surface area contributed by atoms with E-state index in [2.05, 4.69) is 38.3 Å². The number of hydrogen-bond acceptors (Lipinski definition) is 4. The average Bonchev–Trinajstić information content (AvgIpc) is 2.73. The molecule has 150 valence electrons. The SMILES string of the molecule is COc1ccc(N2CCC(NC(=O)CCc3ccc(OC)c(Br)c3)CC2)cc1. The summed E-state index contributed by atoms with van der Waals surface area (Å²) in [5.74, 6) is 1.79. The summed E-state index contributed by atoms with van der Waals surface area (Å²) >= 11 is 3.49. The summed E-state index contributed by atoms with van der Waals surface area (Å²) in [5, 5.41) is 3.19. The van der Waals surface area contributed by atoms with Crippen molar-refractivity contribution in [1.29, 1.82) is 0 Å². The van der Waals surface area contributed by atoms with Crippen molar-refractivity contribution in [2.24, 2.45) is 0 Å². The van der Waals surface area contributed by atoms with Crippen LogP contribution in [0.2, 0.25) is 0 Å². The van der Waals surface area contributed by atoms with Gasteiger partial charge in [-0.3, -0.25) is 4.79 Å². The lowest BCUT2D eigenvalue weighted by Gasteiger charge is -2.34. The number of amides is 1. The van der Waals surface area contributed by atoms with Crippen LogP contribution in [0.5, 0.6) is 11.5 Å². The number of hydrogen-bond donors (Lipinski definition) is 1. The molecule has 1 saturated heterocycles. The lowest BCUT2D eigenvalue weighted by atomic mass is 10.0. The molecule has 0 aliphatic carbocycles. The summed E-state index contributed by atoms with van der Waals surface area (Å²) in [4.78, 5) is 14.7. The number of rotatable bonds is 7. The molecule has 1 amide bonds. The third kappa shape index (κ3) is 5.41. The molecule has 1 fully saturated rings. The van der Waals surface area contributed by atoms with Gasteiger partial charge in [0.1, 0.15) is 11.5 Å². The molecule has 0 aromatic heterocycles. The summed E-state index contributed by atoms with van der Waals surface area (Å²) in [5.41, 5.74) is 2.33. The number of aryl methyl sites for hydroxylation is 1. The number of piperidine rings is 1. The lowest BCUT2D eigenvalue weighted by Crippen LogP contribution is -2.44. The number of benzene rings is 2. The Labute approximate surface area is 175 Å². The van der Waals surface area contributed by atoms with E-state index < -0.39 is 0 Å². The van der Waals surface area contributed by atoms with Crippen molar-refractivity contribution < 1.29 is 14.3 Å². The maximum Gasteiger partial charge on any atom is 0.220 e. The van der Waals surface area contributed by atoms with E-state index in [1.165, 1.54) is 5.69 Å². The van der Waals surface area contributed by atoms with E-state index in [0.717, 1.165) is 53.9 Å².